The minimum absolute atomic E-state index is 0.0533. The van der Waals surface area contributed by atoms with Gasteiger partial charge in [0.15, 0.2) is 18.1 Å². The maximum Gasteiger partial charge on any atom is 0.338 e. The normalized spacial score (nSPS) is 15.9. The van der Waals surface area contributed by atoms with E-state index in [-0.39, 0.29) is 41.8 Å². The molecule has 10 heteroatoms. The zero-order chi connectivity index (χ0) is 22.4. The average molecular weight is 480 g/mol. The number of carbonyl (C=O) groups excluding carboxylic acids is 2. The molecule has 0 spiro atoms. The minimum atomic E-state index is -0.860. The van der Waals surface area contributed by atoms with Gasteiger partial charge < -0.3 is 30.4 Å². The van der Waals surface area contributed by atoms with Crippen molar-refractivity contribution in [3.8, 4) is 17.6 Å². The van der Waals surface area contributed by atoms with Gasteiger partial charge in [0.2, 0.25) is 5.88 Å². The fraction of sp³-hybridized carbons (Fsp3) is 0.350. The summed E-state index contributed by atoms with van der Waals surface area (Å²) < 4.78 is 22.1. The molecule has 1 aliphatic rings. The lowest BCUT2D eigenvalue weighted by Crippen LogP contribution is -2.26. The molecule has 0 fully saturated rings. The number of carbonyl (C=O) groups is 2. The van der Waals surface area contributed by atoms with Crippen LogP contribution in [0.5, 0.6) is 11.5 Å². The maximum atomic E-state index is 12.7. The SMILES string of the molecule is CCOC(=O)C1=C(C)OC(N)=C(C#N)C1c1cc(OCC)c(OCC(N)=O)cc1Br. The van der Waals surface area contributed by atoms with Crippen molar-refractivity contribution in [1.82, 2.24) is 0 Å². The van der Waals surface area contributed by atoms with E-state index in [1.165, 1.54) is 0 Å². The molecule has 0 saturated heterocycles. The molecule has 9 nitrogen and oxygen atoms in total. The number of nitrogens with zero attached hydrogens (tertiary/aromatic N) is 1. The van der Waals surface area contributed by atoms with Crippen LogP contribution in [-0.2, 0) is 19.1 Å². The van der Waals surface area contributed by atoms with E-state index in [1.54, 1.807) is 32.9 Å². The number of amides is 1. The van der Waals surface area contributed by atoms with Gasteiger partial charge in [0.1, 0.15) is 17.4 Å². The highest BCUT2D eigenvalue weighted by atomic mass is 79.9. The molecule has 0 aromatic heterocycles. The van der Waals surface area contributed by atoms with E-state index in [0.29, 0.717) is 22.4 Å². The predicted octanol–water partition coefficient (Wildman–Crippen LogP) is 2.36. The molecule has 30 heavy (non-hydrogen) atoms. The van der Waals surface area contributed by atoms with Crippen LogP contribution in [0.25, 0.3) is 0 Å². The summed E-state index contributed by atoms with van der Waals surface area (Å²) >= 11 is 3.45. The summed E-state index contributed by atoms with van der Waals surface area (Å²) in [7, 11) is 0. The van der Waals surface area contributed by atoms with Crippen LogP contribution >= 0.6 is 15.9 Å². The molecule has 160 valence electrons. The highest BCUT2D eigenvalue weighted by Gasteiger charge is 2.38. The first-order valence-electron chi connectivity index (χ1n) is 9.07. The third-order valence-corrected chi connectivity index (χ3v) is 4.83. The van der Waals surface area contributed by atoms with Crippen LogP contribution in [0.1, 0.15) is 32.3 Å². The molecule has 2 rings (SSSR count). The van der Waals surface area contributed by atoms with Crippen molar-refractivity contribution in [3.05, 3.63) is 45.0 Å². The van der Waals surface area contributed by atoms with Crippen LogP contribution in [0, 0.1) is 11.3 Å². The fourth-order valence-electron chi connectivity index (χ4n) is 2.97. The van der Waals surface area contributed by atoms with Gasteiger partial charge in [0.05, 0.1) is 24.7 Å². The van der Waals surface area contributed by atoms with Crippen LogP contribution in [0.15, 0.2) is 39.4 Å². The van der Waals surface area contributed by atoms with Gasteiger partial charge in [-0.25, -0.2) is 4.79 Å². The number of hydrogen-bond acceptors (Lipinski definition) is 8. The summed E-state index contributed by atoms with van der Waals surface area (Å²) in [4.78, 5) is 23.8. The van der Waals surface area contributed by atoms with E-state index in [2.05, 4.69) is 15.9 Å². The summed E-state index contributed by atoms with van der Waals surface area (Å²) in [6.45, 7) is 5.14. The molecule has 1 amide bonds. The summed E-state index contributed by atoms with van der Waals surface area (Å²) in [5.74, 6) is -1.43. The van der Waals surface area contributed by atoms with E-state index in [1.807, 2.05) is 6.07 Å². The van der Waals surface area contributed by atoms with Gasteiger partial charge in [-0.1, -0.05) is 15.9 Å². The first-order valence-corrected chi connectivity index (χ1v) is 9.87. The summed E-state index contributed by atoms with van der Waals surface area (Å²) in [5.41, 5.74) is 11.8. The standard InChI is InChI=1S/C20H22BrN3O6/c1-4-27-14-6-11(13(21)7-15(14)29-9-16(23)25)18-12(8-22)19(24)30-10(3)17(18)20(26)28-5-2/h6-7,18H,4-5,9,24H2,1-3H3,(H2,23,25). The van der Waals surface area contributed by atoms with Crippen molar-refractivity contribution in [2.75, 3.05) is 19.8 Å². The van der Waals surface area contributed by atoms with Gasteiger partial charge in [-0.2, -0.15) is 5.26 Å². The Labute approximate surface area is 182 Å². The summed E-state index contributed by atoms with van der Waals surface area (Å²) in [6, 6.07) is 5.20. The zero-order valence-corrected chi connectivity index (χ0v) is 18.4. The largest absolute Gasteiger partial charge is 0.490 e. The van der Waals surface area contributed by atoms with Crippen LogP contribution in [0.3, 0.4) is 0 Å². The topological polar surface area (TPSA) is 147 Å². The Balaban J connectivity index is 2.68. The van der Waals surface area contributed by atoms with Crippen LogP contribution in [0.2, 0.25) is 0 Å². The van der Waals surface area contributed by atoms with Crippen molar-refractivity contribution in [3.63, 3.8) is 0 Å². The Morgan fingerprint density at radius 2 is 1.90 bits per heavy atom. The number of rotatable bonds is 8. The fourth-order valence-corrected chi connectivity index (χ4v) is 3.52. The van der Waals surface area contributed by atoms with E-state index in [4.69, 9.17) is 30.4 Å². The number of nitrogens with two attached hydrogens (primary N) is 2. The van der Waals surface area contributed by atoms with Crippen LogP contribution in [-0.4, -0.2) is 31.7 Å². The number of nitriles is 1. The first-order chi connectivity index (χ1) is 14.2. The summed E-state index contributed by atoms with van der Waals surface area (Å²) in [6.07, 6.45) is 0. The molecule has 1 heterocycles. The number of primary amides is 1. The van der Waals surface area contributed by atoms with Crippen molar-refractivity contribution in [2.24, 2.45) is 11.5 Å². The monoisotopic (exact) mass is 479 g/mol. The molecular weight excluding hydrogens is 458 g/mol. The molecule has 0 radical (unpaired) electrons. The lowest BCUT2D eigenvalue weighted by Gasteiger charge is -2.28. The third-order valence-electron chi connectivity index (χ3n) is 4.14. The molecule has 0 bridgehead atoms. The number of ether oxygens (including phenoxy) is 4. The second-order valence-corrected chi connectivity index (χ2v) is 6.98. The smallest absolute Gasteiger partial charge is 0.338 e. The number of benzene rings is 1. The second-order valence-electron chi connectivity index (χ2n) is 6.12. The lowest BCUT2D eigenvalue weighted by molar-refractivity contribution is -0.139. The molecule has 1 unspecified atom stereocenters. The Morgan fingerprint density at radius 3 is 2.47 bits per heavy atom. The lowest BCUT2D eigenvalue weighted by atomic mass is 9.83. The molecule has 0 saturated carbocycles. The highest BCUT2D eigenvalue weighted by Crippen LogP contribution is 2.45. The van der Waals surface area contributed by atoms with Crippen LogP contribution in [0.4, 0.5) is 0 Å². The molecule has 1 atom stereocenters. The Hall–Kier alpha value is -3.19. The first kappa shape index (κ1) is 23.1. The number of esters is 1. The van der Waals surface area contributed by atoms with E-state index >= 15 is 0 Å². The Morgan fingerprint density at radius 1 is 1.23 bits per heavy atom. The van der Waals surface area contributed by atoms with Gasteiger partial charge in [-0.3, -0.25) is 4.79 Å². The van der Waals surface area contributed by atoms with E-state index in [9.17, 15) is 14.9 Å². The quantitative estimate of drug-likeness (QED) is 0.539. The summed E-state index contributed by atoms with van der Waals surface area (Å²) in [5, 5.41) is 9.71. The number of halogens is 1. The number of hydrogen-bond donors (Lipinski definition) is 2. The maximum absolute atomic E-state index is 12.7. The van der Waals surface area contributed by atoms with Gasteiger partial charge in [-0.05, 0) is 38.5 Å². The van der Waals surface area contributed by atoms with Gasteiger partial charge >= 0.3 is 5.97 Å². The predicted molar refractivity (Wildman–Crippen MR) is 110 cm³/mol. The molecule has 4 N–H and O–H groups in total. The van der Waals surface area contributed by atoms with Gasteiger partial charge in [0.25, 0.3) is 5.91 Å². The van der Waals surface area contributed by atoms with Crippen LogP contribution < -0.4 is 20.9 Å². The zero-order valence-electron chi connectivity index (χ0n) is 16.8. The van der Waals surface area contributed by atoms with E-state index in [0.717, 1.165) is 0 Å². The van der Waals surface area contributed by atoms with Crippen molar-refractivity contribution >= 4 is 27.8 Å². The van der Waals surface area contributed by atoms with E-state index < -0.39 is 17.8 Å². The molecule has 1 aliphatic heterocycles. The average Bonchev–Trinajstić information content (AvgIpc) is 2.67. The molecular formula is C20H22BrN3O6. The molecule has 1 aromatic carbocycles. The van der Waals surface area contributed by atoms with Crippen molar-refractivity contribution in [1.29, 1.82) is 5.26 Å². The van der Waals surface area contributed by atoms with Crippen molar-refractivity contribution < 1.29 is 28.5 Å². The Kier molecular flexibility index (Phi) is 7.72. The Bertz CT molecular complexity index is 964. The highest BCUT2D eigenvalue weighted by molar-refractivity contribution is 9.10. The third kappa shape index (κ3) is 4.86. The second kappa shape index (κ2) is 10.0. The minimum Gasteiger partial charge on any atom is -0.490 e. The number of allylic oxidation sites excluding steroid dienone is 2. The van der Waals surface area contributed by atoms with Crippen molar-refractivity contribution in [2.45, 2.75) is 26.7 Å². The molecule has 0 aliphatic carbocycles. The molecule has 1 aromatic rings. The van der Waals surface area contributed by atoms with Gasteiger partial charge in [0, 0.05) is 4.47 Å². The van der Waals surface area contributed by atoms with Gasteiger partial charge in [-0.15, -0.1) is 0 Å².